The van der Waals surface area contributed by atoms with Crippen LogP contribution >= 0.6 is 0 Å². The van der Waals surface area contributed by atoms with Crippen LogP contribution in [0, 0.1) is 17.8 Å². The number of nitrogens with zero attached hydrogens (tertiary/aromatic N) is 2. The van der Waals surface area contributed by atoms with Gasteiger partial charge in [0.15, 0.2) is 0 Å². The molecule has 0 bridgehead atoms. The average molecular weight is 433 g/mol. The van der Waals surface area contributed by atoms with Gasteiger partial charge >= 0.3 is 5.97 Å². The lowest BCUT2D eigenvalue weighted by molar-refractivity contribution is -0.142. The second-order valence-corrected chi connectivity index (χ2v) is 7.95. The van der Waals surface area contributed by atoms with E-state index in [1.165, 1.54) is 0 Å². The maximum absolute atomic E-state index is 12.5. The van der Waals surface area contributed by atoms with Gasteiger partial charge in [-0.3, -0.25) is 4.79 Å². The first-order valence-electron chi connectivity index (χ1n) is 10.7. The van der Waals surface area contributed by atoms with Gasteiger partial charge in [-0.2, -0.15) is 5.10 Å². The van der Waals surface area contributed by atoms with Crippen molar-refractivity contribution in [1.29, 1.82) is 0 Å². The van der Waals surface area contributed by atoms with Crippen LogP contribution in [-0.2, 0) is 16.0 Å². The second-order valence-electron chi connectivity index (χ2n) is 7.95. The van der Waals surface area contributed by atoms with Gasteiger partial charge in [-0.1, -0.05) is 42.2 Å². The molecule has 1 heterocycles. The normalized spacial score (nSPS) is 16.8. The number of piperidine rings is 1. The minimum atomic E-state index is -1.05. The van der Waals surface area contributed by atoms with E-state index in [1.54, 1.807) is 6.34 Å². The SMILES string of the molecule is NN=CN1CCCC(CC(=O)N[C@@H](Cc2ccc(C#Cc3ccccc3)cc2)C(=O)O)C1. The molecule has 1 aliphatic heterocycles. The third-order valence-electron chi connectivity index (χ3n) is 5.41. The summed E-state index contributed by atoms with van der Waals surface area (Å²) in [5.74, 6) is 10.3. The number of carbonyl (C=O) groups excluding carboxylic acids is 1. The minimum Gasteiger partial charge on any atom is -0.480 e. The maximum Gasteiger partial charge on any atom is 0.326 e. The largest absolute Gasteiger partial charge is 0.480 e. The molecule has 166 valence electrons. The fourth-order valence-electron chi connectivity index (χ4n) is 3.80. The highest BCUT2D eigenvalue weighted by atomic mass is 16.4. The van der Waals surface area contributed by atoms with Gasteiger partial charge in [-0.25, -0.2) is 4.79 Å². The Morgan fingerprint density at radius 3 is 2.50 bits per heavy atom. The number of likely N-dealkylation sites (tertiary alicyclic amines) is 1. The molecule has 1 amide bonds. The van der Waals surface area contributed by atoms with Crippen molar-refractivity contribution >= 4 is 18.2 Å². The number of rotatable bonds is 7. The van der Waals surface area contributed by atoms with E-state index in [0.717, 1.165) is 36.1 Å². The Kier molecular flexibility index (Phi) is 8.27. The first kappa shape index (κ1) is 22.9. The van der Waals surface area contributed by atoms with E-state index in [4.69, 9.17) is 5.84 Å². The van der Waals surface area contributed by atoms with E-state index in [9.17, 15) is 14.7 Å². The van der Waals surface area contributed by atoms with E-state index >= 15 is 0 Å². The number of aliphatic carboxylic acids is 1. The van der Waals surface area contributed by atoms with Crippen molar-refractivity contribution in [2.75, 3.05) is 13.1 Å². The quantitative estimate of drug-likeness (QED) is 0.204. The van der Waals surface area contributed by atoms with Gasteiger partial charge in [0.2, 0.25) is 5.91 Å². The molecular weight excluding hydrogens is 404 g/mol. The van der Waals surface area contributed by atoms with Crippen molar-refractivity contribution in [3.8, 4) is 11.8 Å². The summed E-state index contributed by atoms with van der Waals surface area (Å²) in [4.78, 5) is 26.2. The zero-order valence-electron chi connectivity index (χ0n) is 17.9. The fourth-order valence-corrected chi connectivity index (χ4v) is 3.80. The summed E-state index contributed by atoms with van der Waals surface area (Å²) in [6.07, 6.45) is 3.95. The number of hydrogen-bond donors (Lipinski definition) is 3. The monoisotopic (exact) mass is 432 g/mol. The molecule has 1 saturated heterocycles. The van der Waals surface area contributed by atoms with Gasteiger partial charge in [0.05, 0.1) is 0 Å². The van der Waals surface area contributed by atoms with Crippen molar-refractivity contribution in [1.82, 2.24) is 10.2 Å². The molecule has 7 nitrogen and oxygen atoms in total. The van der Waals surface area contributed by atoms with Gasteiger partial charge in [0.1, 0.15) is 12.4 Å². The van der Waals surface area contributed by atoms with E-state index in [1.807, 2.05) is 59.5 Å². The molecule has 4 N–H and O–H groups in total. The van der Waals surface area contributed by atoms with E-state index in [-0.39, 0.29) is 24.7 Å². The summed E-state index contributed by atoms with van der Waals surface area (Å²) in [5.41, 5.74) is 2.60. The number of amides is 1. The minimum absolute atomic E-state index is 0.152. The van der Waals surface area contributed by atoms with Crippen LogP contribution in [-0.4, -0.2) is 47.4 Å². The van der Waals surface area contributed by atoms with Crippen LogP contribution < -0.4 is 11.2 Å². The summed E-state index contributed by atoms with van der Waals surface area (Å²) in [6.45, 7) is 1.56. The fraction of sp³-hybridized carbons (Fsp3) is 0.320. The number of hydrogen-bond acceptors (Lipinski definition) is 4. The highest BCUT2D eigenvalue weighted by Gasteiger charge is 2.25. The molecule has 2 aromatic rings. The second kappa shape index (κ2) is 11.6. The van der Waals surface area contributed by atoms with E-state index < -0.39 is 12.0 Å². The van der Waals surface area contributed by atoms with Crippen LogP contribution in [0.3, 0.4) is 0 Å². The predicted molar refractivity (Wildman–Crippen MR) is 124 cm³/mol. The van der Waals surface area contributed by atoms with Crippen LogP contribution in [0.2, 0.25) is 0 Å². The van der Waals surface area contributed by atoms with Crippen LogP contribution in [0.15, 0.2) is 59.7 Å². The molecule has 32 heavy (non-hydrogen) atoms. The molecule has 0 saturated carbocycles. The van der Waals surface area contributed by atoms with Crippen LogP contribution in [0.1, 0.15) is 36.0 Å². The van der Waals surface area contributed by atoms with Crippen LogP contribution in [0.4, 0.5) is 0 Å². The van der Waals surface area contributed by atoms with Gasteiger partial charge in [-0.05, 0) is 48.6 Å². The lowest BCUT2D eigenvalue weighted by atomic mass is 9.94. The molecule has 0 radical (unpaired) electrons. The summed E-state index contributed by atoms with van der Waals surface area (Å²) >= 11 is 0. The van der Waals surface area contributed by atoms with E-state index in [2.05, 4.69) is 22.3 Å². The Hall–Kier alpha value is -3.79. The van der Waals surface area contributed by atoms with Gasteiger partial charge in [-0.15, -0.1) is 0 Å². The van der Waals surface area contributed by atoms with Crippen molar-refractivity contribution in [3.05, 3.63) is 71.3 Å². The third kappa shape index (κ3) is 7.17. The Labute approximate surface area is 188 Å². The molecule has 1 aliphatic rings. The number of nitrogens with one attached hydrogen (secondary N) is 1. The molecule has 0 spiro atoms. The van der Waals surface area contributed by atoms with Crippen molar-refractivity contribution in [3.63, 3.8) is 0 Å². The van der Waals surface area contributed by atoms with Crippen molar-refractivity contribution < 1.29 is 14.7 Å². The first-order valence-corrected chi connectivity index (χ1v) is 10.7. The third-order valence-corrected chi connectivity index (χ3v) is 5.41. The van der Waals surface area contributed by atoms with Crippen LogP contribution in [0.25, 0.3) is 0 Å². The highest BCUT2D eigenvalue weighted by molar-refractivity contribution is 5.84. The summed E-state index contributed by atoms with van der Waals surface area (Å²) in [7, 11) is 0. The number of benzene rings is 2. The van der Waals surface area contributed by atoms with Gasteiger partial charge in [0.25, 0.3) is 0 Å². The number of carboxylic acid groups (broad SMARTS) is 1. The lowest BCUT2D eigenvalue weighted by Gasteiger charge is -2.30. The van der Waals surface area contributed by atoms with E-state index in [0.29, 0.717) is 6.54 Å². The number of nitrogens with two attached hydrogens (primary N) is 1. The smallest absolute Gasteiger partial charge is 0.326 e. The molecule has 7 heteroatoms. The Bertz CT molecular complexity index is 993. The molecule has 3 rings (SSSR count). The maximum atomic E-state index is 12.5. The predicted octanol–water partition coefficient (Wildman–Crippen LogP) is 2.20. The molecule has 0 aromatic heterocycles. The first-order chi connectivity index (χ1) is 15.5. The molecule has 1 unspecified atom stereocenters. The summed E-state index contributed by atoms with van der Waals surface area (Å²) < 4.78 is 0. The Balaban J connectivity index is 1.55. The number of hydrazone groups is 1. The molecule has 0 aliphatic carbocycles. The molecule has 1 fully saturated rings. The van der Waals surface area contributed by atoms with Crippen molar-refractivity contribution in [2.24, 2.45) is 16.9 Å². The lowest BCUT2D eigenvalue weighted by Crippen LogP contribution is -2.44. The number of carbonyl (C=O) groups is 2. The topological polar surface area (TPSA) is 108 Å². The number of carboxylic acids is 1. The van der Waals surface area contributed by atoms with Gasteiger partial charge < -0.3 is 21.2 Å². The summed E-state index contributed by atoms with van der Waals surface area (Å²) in [6, 6.07) is 16.1. The zero-order chi connectivity index (χ0) is 22.8. The molecule has 2 atom stereocenters. The zero-order valence-corrected chi connectivity index (χ0v) is 17.9. The summed E-state index contributed by atoms with van der Waals surface area (Å²) in [5, 5.41) is 15.8. The Morgan fingerprint density at radius 2 is 1.84 bits per heavy atom. The molecule has 2 aromatic carbocycles. The average Bonchev–Trinajstić information content (AvgIpc) is 2.79. The Morgan fingerprint density at radius 1 is 1.16 bits per heavy atom. The van der Waals surface area contributed by atoms with Gasteiger partial charge in [0, 0.05) is 37.1 Å². The molecular formula is C25H28N4O3. The highest BCUT2D eigenvalue weighted by Crippen LogP contribution is 2.19. The van der Waals surface area contributed by atoms with Crippen LogP contribution in [0.5, 0.6) is 0 Å². The van der Waals surface area contributed by atoms with Crippen molar-refractivity contribution in [2.45, 2.75) is 31.7 Å². The standard InChI is InChI=1S/C25H28N4O3/c26-27-18-29-14-4-7-22(17-29)16-24(30)28-23(25(31)32)15-21-12-10-20(11-13-21)9-8-19-5-2-1-3-6-19/h1-3,5-6,10-13,18,22-23H,4,7,14-17,26H2,(H,28,30)(H,31,32)/t22?,23-/m0/s1.